The molecule has 0 aliphatic heterocycles. The van der Waals surface area contributed by atoms with Crippen LogP contribution in [0.5, 0.6) is 11.5 Å². The van der Waals surface area contributed by atoms with E-state index in [1.165, 1.54) is 0 Å². The maximum absolute atomic E-state index is 12.3. The maximum Gasteiger partial charge on any atom is 0.333 e. The minimum Gasteiger partial charge on any atom is -0.489 e. The highest BCUT2D eigenvalue weighted by atomic mass is 16.6. The highest BCUT2D eigenvalue weighted by Gasteiger charge is 2.20. The summed E-state index contributed by atoms with van der Waals surface area (Å²) < 4.78 is 23.6. The van der Waals surface area contributed by atoms with Crippen LogP contribution in [0.3, 0.4) is 0 Å². The summed E-state index contributed by atoms with van der Waals surface area (Å²) in [5.41, 5.74) is 3.22. The predicted molar refractivity (Wildman–Crippen MR) is 160 cm³/mol. The average molecular weight is 551 g/mol. The second-order valence-corrected chi connectivity index (χ2v) is 9.86. The lowest BCUT2D eigenvalue weighted by atomic mass is 10.0. The Balaban J connectivity index is 1.52. The minimum atomic E-state index is -0.595. The van der Waals surface area contributed by atoms with E-state index in [9.17, 15) is 9.59 Å². The molecule has 41 heavy (non-hydrogen) atoms. The Morgan fingerprint density at radius 1 is 0.683 bits per heavy atom. The summed E-state index contributed by atoms with van der Waals surface area (Å²) in [7, 11) is 0. The maximum atomic E-state index is 12.3. The van der Waals surface area contributed by atoms with Gasteiger partial charge in [0.1, 0.15) is 24.7 Å². The lowest BCUT2D eigenvalue weighted by molar-refractivity contribution is -0.147. The van der Waals surface area contributed by atoms with Crippen LogP contribution in [0.2, 0.25) is 0 Å². The topological polar surface area (TPSA) is 71.1 Å². The molecule has 6 nitrogen and oxygen atoms in total. The molecule has 0 radical (unpaired) electrons. The van der Waals surface area contributed by atoms with E-state index in [0.717, 1.165) is 27.5 Å². The van der Waals surface area contributed by atoms with Crippen molar-refractivity contribution in [3.63, 3.8) is 0 Å². The van der Waals surface area contributed by atoms with E-state index in [1.807, 2.05) is 97.9 Å². The van der Waals surface area contributed by atoms with E-state index >= 15 is 0 Å². The van der Waals surface area contributed by atoms with E-state index in [1.54, 1.807) is 13.8 Å². The summed E-state index contributed by atoms with van der Waals surface area (Å²) in [4.78, 5) is 24.6. The predicted octanol–water partition coefficient (Wildman–Crippen LogP) is 7.63. The van der Waals surface area contributed by atoms with Crippen molar-refractivity contribution in [1.29, 1.82) is 0 Å². The van der Waals surface area contributed by atoms with Gasteiger partial charge in [-0.15, -0.1) is 0 Å². The fourth-order valence-electron chi connectivity index (χ4n) is 4.20. The molecule has 2 atom stereocenters. The molecule has 0 amide bonds. The van der Waals surface area contributed by atoms with Crippen molar-refractivity contribution in [2.75, 3.05) is 13.2 Å². The SMILES string of the molecule is C=C(C)C(=O)OC(COc1ccc2ccc(OCC(OC(=O)C(=C)C)c3ccccc3)c(C)c2c1)c1ccccc1. The molecule has 0 saturated heterocycles. The average Bonchev–Trinajstić information content (AvgIpc) is 2.98. The van der Waals surface area contributed by atoms with Crippen LogP contribution in [0.25, 0.3) is 10.8 Å². The number of hydrogen-bond donors (Lipinski definition) is 0. The third-order valence-electron chi connectivity index (χ3n) is 6.54. The second kappa shape index (κ2) is 13.5. The summed E-state index contributed by atoms with van der Waals surface area (Å²) in [6.07, 6.45) is -1.19. The fourth-order valence-corrected chi connectivity index (χ4v) is 4.20. The standard InChI is InChI=1S/C35H34O6/c1-23(2)34(36)40-32(27-12-8-6-9-13-27)21-38-29-18-16-26-17-19-31(25(5)30(26)20-29)39-22-33(41-35(37)24(3)4)28-14-10-7-11-15-28/h6-20,32-33H,1,3,21-22H2,2,4-5H3. The fraction of sp³-hybridized carbons (Fsp3) is 0.200. The Hall–Kier alpha value is -4.84. The zero-order valence-electron chi connectivity index (χ0n) is 23.6. The normalized spacial score (nSPS) is 12.2. The Kier molecular flexibility index (Phi) is 9.59. The molecule has 0 heterocycles. The molecular formula is C35H34O6. The highest BCUT2D eigenvalue weighted by molar-refractivity contribution is 5.89. The monoisotopic (exact) mass is 550 g/mol. The van der Waals surface area contributed by atoms with Gasteiger partial charge in [-0.3, -0.25) is 0 Å². The lowest BCUT2D eigenvalue weighted by Crippen LogP contribution is -2.18. The van der Waals surface area contributed by atoms with Crippen molar-refractivity contribution >= 4 is 22.7 Å². The summed E-state index contributed by atoms with van der Waals surface area (Å²) in [5, 5.41) is 1.97. The quantitative estimate of drug-likeness (QED) is 0.133. The first kappa shape index (κ1) is 29.2. The number of esters is 2. The number of carbonyl (C=O) groups is 2. The van der Waals surface area contributed by atoms with E-state index in [0.29, 0.717) is 22.6 Å². The summed E-state index contributed by atoms with van der Waals surface area (Å²) in [6, 6.07) is 28.6. The molecule has 0 aliphatic rings. The molecule has 0 aliphatic carbocycles. The van der Waals surface area contributed by atoms with Crippen LogP contribution in [0.4, 0.5) is 0 Å². The van der Waals surface area contributed by atoms with E-state index in [-0.39, 0.29) is 13.2 Å². The van der Waals surface area contributed by atoms with Crippen molar-refractivity contribution in [1.82, 2.24) is 0 Å². The number of fused-ring (bicyclic) bond motifs is 1. The first-order chi connectivity index (χ1) is 19.7. The van der Waals surface area contributed by atoms with Gasteiger partial charge in [-0.2, -0.15) is 0 Å². The van der Waals surface area contributed by atoms with Crippen LogP contribution in [-0.4, -0.2) is 25.2 Å². The van der Waals surface area contributed by atoms with E-state index < -0.39 is 24.1 Å². The van der Waals surface area contributed by atoms with Crippen molar-refractivity contribution in [2.45, 2.75) is 33.0 Å². The molecule has 4 aromatic carbocycles. The molecule has 6 heteroatoms. The van der Waals surface area contributed by atoms with Gasteiger partial charge in [0.05, 0.1) is 0 Å². The van der Waals surface area contributed by atoms with Gasteiger partial charge in [0, 0.05) is 11.1 Å². The first-order valence-corrected chi connectivity index (χ1v) is 13.3. The Morgan fingerprint density at radius 3 is 1.68 bits per heavy atom. The number of carbonyl (C=O) groups excluding carboxylic acids is 2. The molecule has 2 unspecified atom stereocenters. The lowest BCUT2D eigenvalue weighted by Gasteiger charge is -2.21. The van der Waals surface area contributed by atoms with Gasteiger partial charge < -0.3 is 18.9 Å². The van der Waals surface area contributed by atoms with Crippen LogP contribution in [-0.2, 0) is 19.1 Å². The third-order valence-corrected chi connectivity index (χ3v) is 6.54. The van der Waals surface area contributed by atoms with E-state index in [4.69, 9.17) is 18.9 Å². The van der Waals surface area contributed by atoms with Gasteiger partial charge in [0.15, 0.2) is 12.2 Å². The van der Waals surface area contributed by atoms with Crippen LogP contribution >= 0.6 is 0 Å². The number of rotatable bonds is 12. The zero-order valence-corrected chi connectivity index (χ0v) is 23.6. The Morgan fingerprint density at radius 2 is 1.17 bits per heavy atom. The molecule has 210 valence electrons. The zero-order chi connectivity index (χ0) is 29.4. The molecule has 0 saturated carbocycles. The van der Waals surface area contributed by atoms with Gasteiger partial charge in [0.2, 0.25) is 0 Å². The van der Waals surface area contributed by atoms with Gasteiger partial charge in [0.25, 0.3) is 0 Å². The van der Waals surface area contributed by atoms with Crippen molar-refractivity contribution < 1.29 is 28.5 Å². The number of aryl methyl sites for hydroxylation is 1. The van der Waals surface area contributed by atoms with Crippen LogP contribution in [0.1, 0.15) is 42.7 Å². The van der Waals surface area contributed by atoms with Crippen molar-refractivity contribution in [3.05, 3.63) is 132 Å². The first-order valence-electron chi connectivity index (χ1n) is 13.3. The van der Waals surface area contributed by atoms with Crippen LogP contribution in [0.15, 0.2) is 115 Å². The van der Waals surface area contributed by atoms with Gasteiger partial charge in [-0.25, -0.2) is 9.59 Å². The smallest absolute Gasteiger partial charge is 0.333 e. The van der Waals surface area contributed by atoms with Gasteiger partial charge in [-0.1, -0.05) is 86.0 Å². The summed E-state index contributed by atoms with van der Waals surface area (Å²) in [5.74, 6) is 0.352. The molecule has 0 spiro atoms. The highest BCUT2D eigenvalue weighted by Crippen LogP contribution is 2.32. The molecular weight excluding hydrogens is 516 g/mol. The van der Waals surface area contributed by atoms with Crippen LogP contribution in [0, 0.1) is 6.92 Å². The van der Waals surface area contributed by atoms with Crippen LogP contribution < -0.4 is 9.47 Å². The molecule has 0 aromatic heterocycles. The Labute approximate surface area is 240 Å². The number of ether oxygens (including phenoxy) is 4. The second-order valence-electron chi connectivity index (χ2n) is 9.86. The summed E-state index contributed by atoms with van der Waals surface area (Å²) in [6.45, 7) is 12.8. The van der Waals surface area contributed by atoms with Gasteiger partial charge in [-0.05, 0) is 66.4 Å². The molecule has 4 rings (SSSR count). The third kappa shape index (κ3) is 7.63. The number of hydrogen-bond acceptors (Lipinski definition) is 6. The molecule has 0 N–H and O–H groups in total. The molecule has 4 aromatic rings. The largest absolute Gasteiger partial charge is 0.489 e. The van der Waals surface area contributed by atoms with Gasteiger partial charge >= 0.3 is 11.9 Å². The Bertz CT molecular complexity index is 1540. The van der Waals surface area contributed by atoms with E-state index in [2.05, 4.69) is 13.2 Å². The minimum absolute atomic E-state index is 0.136. The van der Waals surface area contributed by atoms with Crippen molar-refractivity contribution in [3.8, 4) is 11.5 Å². The summed E-state index contributed by atoms with van der Waals surface area (Å²) >= 11 is 0. The van der Waals surface area contributed by atoms with Crippen molar-refractivity contribution in [2.24, 2.45) is 0 Å². The molecule has 0 fully saturated rings. The number of benzene rings is 4. The molecule has 0 bridgehead atoms.